The first kappa shape index (κ1) is 11.8. The number of anilines is 1. The molecule has 0 spiro atoms. The maximum absolute atomic E-state index is 8.83. The Kier molecular flexibility index (Phi) is 2.96. The third kappa shape index (κ3) is 2.08. The van der Waals surface area contributed by atoms with Gasteiger partial charge in [0, 0.05) is 17.1 Å². The van der Waals surface area contributed by atoms with Crippen LogP contribution in [-0.2, 0) is 19.3 Å². The van der Waals surface area contributed by atoms with Crippen LogP contribution in [0.1, 0.15) is 29.8 Å². The summed E-state index contributed by atoms with van der Waals surface area (Å²) in [5.74, 6) is 0. The number of benzene rings is 1. The highest BCUT2D eigenvalue weighted by molar-refractivity contribution is 5.54. The van der Waals surface area contributed by atoms with Gasteiger partial charge in [0.2, 0.25) is 0 Å². The molecule has 0 bridgehead atoms. The topological polar surface area (TPSA) is 67.6 Å². The molecule has 0 fully saturated rings. The average molecular weight is 252 g/mol. The molecule has 2 aromatic rings. The Morgan fingerprint density at radius 3 is 3.00 bits per heavy atom. The molecule has 2 N–H and O–H groups in total. The lowest BCUT2D eigenvalue weighted by Gasteiger charge is -2.15. The average Bonchev–Trinajstić information content (AvgIpc) is 2.85. The van der Waals surface area contributed by atoms with E-state index in [0.717, 1.165) is 24.1 Å². The van der Waals surface area contributed by atoms with Crippen LogP contribution in [0.3, 0.4) is 0 Å². The van der Waals surface area contributed by atoms with Crippen LogP contribution in [0.5, 0.6) is 0 Å². The first-order valence-electron chi connectivity index (χ1n) is 6.60. The second-order valence-corrected chi connectivity index (χ2v) is 4.93. The van der Waals surface area contributed by atoms with Gasteiger partial charge in [0.1, 0.15) is 0 Å². The van der Waals surface area contributed by atoms with Gasteiger partial charge in [0.25, 0.3) is 0 Å². The molecular formula is C15H16N4. The summed E-state index contributed by atoms with van der Waals surface area (Å²) in [7, 11) is 0. The summed E-state index contributed by atoms with van der Waals surface area (Å²) >= 11 is 0. The second kappa shape index (κ2) is 4.77. The molecule has 4 heteroatoms. The van der Waals surface area contributed by atoms with Crippen molar-refractivity contribution in [3.05, 3.63) is 41.5 Å². The van der Waals surface area contributed by atoms with Crippen molar-refractivity contribution in [3.8, 4) is 11.8 Å². The third-order valence-corrected chi connectivity index (χ3v) is 3.70. The number of fused-ring (bicyclic) bond motifs is 1. The number of rotatable bonds is 2. The fraction of sp³-hybridized carbons (Fsp3) is 0.333. The maximum atomic E-state index is 8.83. The smallest absolute Gasteiger partial charge is 0.0997 e. The van der Waals surface area contributed by atoms with Crippen molar-refractivity contribution in [2.45, 2.75) is 32.1 Å². The van der Waals surface area contributed by atoms with Gasteiger partial charge in [0.05, 0.1) is 24.5 Å². The lowest BCUT2D eigenvalue weighted by molar-refractivity contribution is 0.656. The van der Waals surface area contributed by atoms with E-state index in [1.54, 1.807) is 0 Å². The van der Waals surface area contributed by atoms with Gasteiger partial charge in [-0.2, -0.15) is 5.26 Å². The predicted molar refractivity (Wildman–Crippen MR) is 73.9 cm³/mol. The molecule has 1 aromatic carbocycles. The number of nitriles is 1. The normalized spacial score (nSPS) is 13.8. The monoisotopic (exact) mass is 252 g/mol. The fourth-order valence-electron chi connectivity index (χ4n) is 2.67. The van der Waals surface area contributed by atoms with E-state index in [-0.39, 0.29) is 0 Å². The minimum absolute atomic E-state index is 0.344. The Balaban J connectivity index is 2.05. The predicted octanol–water partition coefficient (Wildman–Crippen LogP) is 2.40. The van der Waals surface area contributed by atoms with Gasteiger partial charge in [-0.3, -0.25) is 0 Å². The summed E-state index contributed by atoms with van der Waals surface area (Å²) < 4.78 is 2.13. The molecule has 19 heavy (non-hydrogen) atoms. The lowest BCUT2D eigenvalue weighted by atomic mass is 10.0. The first-order valence-corrected chi connectivity index (χ1v) is 6.60. The number of nitrogens with two attached hydrogens (primary N) is 1. The second-order valence-electron chi connectivity index (χ2n) is 4.93. The quantitative estimate of drug-likeness (QED) is 0.834. The lowest BCUT2D eigenvalue weighted by Crippen LogP contribution is -2.07. The maximum Gasteiger partial charge on any atom is 0.0997 e. The van der Waals surface area contributed by atoms with Gasteiger partial charge < -0.3 is 10.3 Å². The zero-order valence-corrected chi connectivity index (χ0v) is 10.8. The Hall–Kier alpha value is -2.28. The molecule has 0 aliphatic heterocycles. The SMILES string of the molecule is N#CCc1cc(-n2cnc3c2CCCC3)ccc1N. The molecule has 1 aliphatic carbocycles. The van der Waals surface area contributed by atoms with Gasteiger partial charge in [0.15, 0.2) is 0 Å². The fourth-order valence-corrected chi connectivity index (χ4v) is 2.67. The number of nitrogen functional groups attached to an aromatic ring is 1. The molecule has 0 saturated heterocycles. The Morgan fingerprint density at radius 1 is 1.32 bits per heavy atom. The van der Waals surface area contributed by atoms with Crippen molar-refractivity contribution in [2.75, 3.05) is 5.73 Å². The summed E-state index contributed by atoms with van der Waals surface area (Å²) in [4.78, 5) is 4.50. The molecule has 3 rings (SSSR count). The summed E-state index contributed by atoms with van der Waals surface area (Å²) in [6, 6.07) is 8.02. The highest BCUT2D eigenvalue weighted by atomic mass is 15.1. The van der Waals surface area contributed by atoms with E-state index >= 15 is 0 Å². The molecular weight excluding hydrogens is 236 g/mol. The number of hydrogen-bond acceptors (Lipinski definition) is 3. The largest absolute Gasteiger partial charge is 0.398 e. The number of imidazole rings is 1. The molecule has 0 radical (unpaired) electrons. The molecule has 0 atom stereocenters. The van der Waals surface area contributed by atoms with Crippen LogP contribution < -0.4 is 5.73 Å². The Bertz CT molecular complexity index is 649. The van der Waals surface area contributed by atoms with E-state index < -0.39 is 0 Å². The molecule has 1 aromatic heterocycles. The third-order valence-electron chi connectivity index (χ3n) is 3.70. The van der Waals surface area contributed by atoms with Gasteiger partial charge in [-0.05, 0) is 49.4 Å². The Labute approximate surface area is 112 Å². The van der Waals surface area contributed by atoms with E-state index in [1.165, 1.54) is 24.2 Å². The summed E-state index contributed by atoms with van der Waals surface area (Å²) in [5.41, 5.74) is 11.0. The van der Waals surface area contributed by atoms with Gasteiger partial charge in [-0.25, -0.2) is 4.98 Å². The Morgan fingerprint density at radius 2 is 2.16 bits per heavy atom. The number of hydrogen-bond donors (Lipinski definition) is 1. The van der Waals surface area contributed by atoms with Crippen LogP contribution >= 0.6 is 0 Å². The van der Waals surface area contributed by atoms with Crippen molar-refractivity contribution in [1.29, 1.82) is 5.26 Å². The molecule has 1 aliphatic rings. The van der Waals surface area contributed by atoms with Crippen LogP contribution in [0.2, 0.25) is 0 Å². The minimum Gasteiger partial charge on any atom is -0.398 e. The van der Waals surface area contributed by atoms with Crippen LogP contribution in [0.4, 0.5) is 5.69 Å². The standard InChI is InChI=1S/C15H16N4/c16-8-7-11-9-12(5-6-13(11)17)19-10-18-14-3-1-2-4-15(14)19/h5-6,9-10H,1-4,7,17H2. The van der Waals surface area contributed by atoms with E-state index in [1.807, 2.05) is 24.5 Å². The molecule has 96 valence electrons. The van der Waals surface area contributed by atoms with Crippen molar-refractivity contribution in [3.63, 3.8) is 0 Å². The zero-order valence-electron chi connectivity index (χ0n) is 10.8. The van der Waals surface area contributed by atoms with Crippen molar-refractivity contribution in [2.24, 2.45) is 0 Å². The number of nitrogens with zero attached hydrogens (tertiary/aromatic N) is 3. The van der Waals surface area contributed by atoms with Gasteiger partial charge in [-0.1, -0.05) is 0 Å². The number of aryl methyl sites for hydroxylation is 1. The molecule has 0 unspecified atom stereocenters. The van der Waals surface area contributed by atoms with Crippen LogP contribution in [0.15, 0.2) is 24.5 Å². The van der Waals surface area contributed by atoms with Gasteiger partial charge >= 0.3 is 0 Å². The minimum atomic E-state index is 0.344. The van der Waals surface area contributed by atoms with E-state index in [2.05, 4.69) is 15.6 Å². The molecule has 4 nitrogen and oxygen atoms in total. The molecule has 0 amide bonds. The van der Waals surface area contributed by atoms with Crippen LogP contribution in [-0.4, -0.2) is 9.55 Å². The van der Waals surface area contributed by atoms with Crippen LogP contribution in [0, 0.1) is 11.3 Å². The van der Waals surface area contributed by atoms with Crippen LogP contribution in [0.25, 0.3) is 5.69 Å². The van der Waals surface area contributed by atoms with Crippen molar-refractivity contribution >= 4 is 5.69 Å². The molecule has 0 saturated carbocycles. The highest BCUT2D eigenvalue weighted by Crippen LogP contribution is 2.25. The van der Waals surface area contributed by atoms with E-state index in [9.17, 15) is 0 Å². The van der Waals surface area contributed by atoms with Crippen molar-refractivity contribution in [1.82, 2.24) is 9.55 Å². The van der Waals surface area contributed by atoms with E-state index in [4.69, 9.17) is 11.0 Å². The molecule has 1 heterocycles. The van der Waals surface area contributed by atoms with E-state index in [0.29, 0.717) is 12.1 Å². The number of aromatic nitrogens is 2. The first-order chi connectivity index (χ1) is 9.29. The van der Waals surface area contributed by atoms with Gasteiger partial charge in [-0.15, -0.1) is 0 Å². The zero-order chi connectivity index (χ0) is 13.2. The highest BCUT2D eigenvalue weighted by Gasteiger charge is 2.16. The summed E-state index contributed by atoms with van der Waals surface area (Å²) in [6.07, 6.45) is 6.83. The summed E-state index contributed by atoms with van der Waals surface area (Å²) in [6.45, 7) is 0. The van der Waals surface area contributed by atoms with Crippen molar-refractivity contribution < 1.29 is 0 Å². The summed E-state index contributed by atoms with van der Waals surface area (Å²) in [5, 5.41) is 8.83.